The average molecular weight is 282 g/mol. The molecule has 1 aromatic rings. The molecule has 2 rings (SSSR count). The molecule has 1 aliphatic rings. The minimum absolute atomic E-state index is 0.178. The van der Waals surface area contributed by atoms with E-state index in [1.807, 2.05) is 39.8 Å². The van der Waals surface area contributed by atoms with Gasteiger partial charge in [-0.2, -0.15) is 4.31 Å². The minimum Gasteiger partial charge on any atom is -0.309 e. The van der Waals surface area contributed by atoms with Gasteiger partial charge in [0.05, 0.1) is 4.90 Å². The maximum atomic E-state index is 12.7. The van der Waals surface area contributed by atoms with E-state index in [0.717, 1.165) is 11.1 Å². The topological polar surface area (TPSA) is 49.4 Å². The van der Waals surface area contributed by atoms with E-state index in [1.54, 1.807) is 10.4 Å². The van der Waals surface area contributed by atoms with Gasteiger partial charge in [-0.1, -0.05) is 12.1 Å². The molecule has 0 amide bonds. The fourth-order valence-corrected chi connectivity index (χ4v) is 4.34. The molecule has 0 bridgehead atoms. The summed E-state index contributed by atoms with van der Waals surface area (Å²) in [5.74, 6) is 0. The zero-order chi connectivity index (χ0) is 14.3. The Bertz CT molecular complexity index is 579. The lowest BCUT2D eigenvalue weighted by atomic mass is 10.0. The lowest BCUT2D eigenvalue weighted by Gasteiger charge is -2.38. The van der Waals surface area contributed by atoms with Crippen LogP contribution in [0.5, 0.6) is 0 Å². The zero-order valence-corrected chi connectivity index (χ0v) is 12.8. The van der Waals surface area contributed by atoms with Gasteiger partial charge in [-0.05, 0) is 44.9 Å². The molecule has 1 aromatic carbocycles. The highest BCUT2D eigenvalue weighted by Gasteiger charge is 2.34. The fourth-order valence-electron chi connectivity index (χ4n) is 2.42. The summed E-state index contributed by atoms with van der Waals surface area (Å²) in [5.41, 5.74) is 1.60. The van der Waals surface area contributed by atoms with Crippen molar-refractivity contribution in [2.45, 2.75) is 38.1 Å². The van der Waals surface area contributed by atoms with Crippen molar-refractivity contribution in [3.63, 3.8) is 0 Å². The molecule has 106 valence electrons. The minimum atomic E-state index is -3.39. The van der Waals surface area contributed by atoms with E-state index in [4.69, 9.17) is 0 Å². The second kappa shape index (κ2) is 4.89. The summed E-state index contributed by atoms with van der Waals surface area (Å²) in [6.07, 6.45) is 0. The molecule has 0 aliphatic carbocycles. The predicted octanol–water partition coefficient (Wildman–Crippen LogP) is 1.68. The summed E-state index contributed by atoms with van der Waals surface area (Å²) in [5, 5.41) is 3.33. The molecule has 5 heteroatoms. The van der Waals surface area contributed by atoms with Gasteiger partial charge in [-0.15, -0.1) is 0 Å². The summed E-state index contributed by atoms with van der Waals surface area (Å²) >= 11 is 0. The Kier molecular flexibility index (Phi) is 3.73. The van der Waals surface area contributed by atoms with Gasteiger partial charge in [0, 0.05) is 25.2 Å². The molecule has 0 unspecified atom stereocenters. The predicted molar refractivity (Wildman–Crippen MR) is 76.8 cm³/mol. The first-order valence-corrected chi connectivity index (χ1v) is 7.99. The Morgan fingerprint density at radius 1 is 1.26 bits per heavy atom. The molecule has 4 nitrogen and oxygen atoms in total. The maximum Gasteiger partial charge on any atom is 0.243 e. The molecule has 1 saturated heterocycles. The normalized spacial score (nSPS) is 20.4. The maximum absolute atomic E-state index is 12.7. The van der Waals surface area contributed by atoms with Crippen LogP contribution in [0.4, 0.5) is 0 Å². The monoisotopic (exact) mass is 282 g/mol. The van der Waals surface area contributed by atoms with Crippen LogP contribution >= 0.6 is 0 Å². The van der Waals surface area contributed by atoms with Crippen molar-refractivity contribution < 1.29 is 8.42 Å². The van der Waals surface area contributed by atoms with Gasteiger partial charge in [0.25, 0.3) is 0 Å². The SMILES string of the molecule is Cc1ccc(C)c(S(=O)(=O)N2CCNC(C)(C)C2)c1. The Labute approximate surface area is 115 Å². The summed E-state index contributed by atoms with van der Waals surface area (Å²) in [7, 11) is -3.39. The van der Waals surface area contributed by atoms with Gasteiger partial charge < -0.3 is 5.32 Å². The van der Waals surface area contributed by atoms with Crippen molar-refractivity contribution in [1.82, 2.24) is 9.62 Å². The standard InChI is InChI=1S/C14H22N2O2S/c1-11-5-6-12(2)13(9-11)19(17,18)16-8-7-15-14(3,4)10-16/h5-6,9,15H,7-8,10H2,1-4H3. The van der Waals surface area contributed by atoms with Gasteiger partial charge in [-0.25, -0.2) is 8.42 Å². The molecule has 0 spiro atoms. The van der Waals surface area contributed by atoms with Crippen LogP contribution in [0, 0.1) is 13.8 Å². The molecule has 0 aromatic heterocycles. The summed E-state index contributed by atoms with van der Waals surface area (Å²) in [6, 6.07) is 5.57. The quantitative estimate of drug-likeness (QED) is 0.898. The van der Waals surface area contributed by atoms with Crippen LogP contribution in [0.25, 0.3) is 0 Å². The second-order valence-corrected chi connectivity index (χ2v) is 7.82. The van der Waals surface area contributed by atoms with E-state index in [2.05, 4.69) is 5.32 Å². The highest BCUT2D eigenvalue weighted by molar-refractivity contribution is 7.89. The first-order valence-electron chi connectivity index (χ1n) is 6.55. The number of aryl methyl sites for hydroxylation is 2. The Morgan fingerprint density at radius 3 is 2.58 bits per heavy atom. The lowest BCUT2D eigenvalue weighted by Crippen LogP contribution is -2.58. The molecular weight excluding hydrogens is 260 g/mol. The summed E-state index contributed by atoms with van der Waals surface area (Å²) in [4.78, 5) is 0.435. The summed E-state index contributed by atoms with van der Waals surface area (Å²) < 4.78 is 27.1. The first-order chi connectivity index (χ1) is 8.72. The number of hydrogen-bond donors (Lipinski definition) is 1. The van der Waals surface area contributed by atoms with Gasteiger partial charge in [0.1, 0.15) is 0 Å². The molecule has 1 aliphatic heterocycles. The van der Waals surface area contributed by atoms with Crippen LogP contribution in [0.15, 0.2) is 23.1 Å². The smallest absolute Gasteiger partial charge is 0.243 e. The number of sulfonamides is 1. The van der Waals surface area contributed by atoms with Crippen LogP contribution in [0.3, 0.4) is 0 Å². The van der Waals surface area contributed by atoms with Gasteiger partial charge in [-0.3, -0.25) is 0 Å². The van der Waals surface area contributed by atoms with E-state index < -0.39 is 10.0 Å². The van der Waals surface area contributed by atoms with Crippen molar-refractivity contribution in [2.24, 2.45) is 0 Å². The van der Waals surface area contributed by atoms with Gasteiger partial charge in [0.2, 0.25) is 10.0 Å². The van der Waals surface area contributed by atoms with Crippen molar-refractivity contribution in [1.29, 1.82) is 0 Å². The van der Waals surface area contributed by atoms with E-state index in [1.165, 1.54) is 0 Å². The van der Waals surface area contributed by atoms with Crippen molar-refractivity contribution in [3.8, 4) is 0 Å². The fraction of sp³-hybridized carbons (Fsp3) is 0.571. The molecule has 0 radical (unpaired) electrons. The zero-order valence-electron chi connectivity index (χ0n) is 12.0. The van der Waals surface area contributed by atoms with Gasteiger partial charge >= 0.3 is 0 Å². The van der Waals surface area contributed by atoms with Crippen LogP contribution in [0.2, 0.25) is 0 Å². The molecule has 19 heavy (non-hydrogen) atoms. The third kappa shape index (κ3) is 2.99. The largest absolute Gasteiger partial charge is 0.309 e. The van der Waals surface area contributed by atoms with Crippen LogP contribution in [0.1, 0.15) is 25.0 Å². The Morgan fingerprint density at radius 2 is 1.95 bits per heavy atom. The first kappa shape index (κ1) is 14.5. The average Bonchev–Trinajstić information content (AvgIpc) is 2.31. The molecule has 1 N–H and O–H groups in total. The highest BCUT2D eigenvalue weighted by atomic mass is 32.2. The van der Waals surface area contributed by atoms with Crippen LogP contribution in [-0.2, 0) is 10.0 Å². The summed E-state index contributed by atoms with van der Waals surface area (Å²) in [6.45, 7) is 9.54. The number of hydrogen-bond acceptors (Lipinski definition) is 3. The van der Waals surface area contributed by atoms with Gasteiger partial charge in [0.15, 0.2) is 0 Å². The van der Waals surface area contributed by atoms with E-state index in [9.17, 15) is 8.42 Å². The van der Waals surface area contributed by atoms with E-state index in [0.29, 0.717) is 24.5 Å². The van der Waals surface area contributed by atoms with Crippen LogP contribution < -0.4 is 5.32 Å². The number of piperazine rings is 1. The molecule has 0 saturated carbocycles. The van der Waals surface area contributed by atoms with Crippen molar-refractivity contribution in [2.75, 3.05) is 19.6 Å². The van der Waals surface area contributed by atoms with Crippen molar-refractivity contribution >= 4 is 10.0 Å². The number of benzene rings is 1. The highest BCUT2D eigenvalue weighted by Crippen LogP contribution is 2.24. The molecular formula is C14H22N2O2S. The lowest BCUT2D eigenvalue weighted by molar-refractivity contribution is 0.233. The Balaban J connectivity index is 2.39. The Hall–Kier alpha value is -0.910. The third-order valence-electron chi connectivity index (χ3n) is 3.50. The molecule has 0 atom stereocenters. The van der Waals surface area contributed by atoms with Crippen molar-refractivity contribution in [3.05, 3.63) is 29.3 Å². The van der Waals surface area contributed by atoms with Crippen LogP contribution in [-0.4, -0.2) is 37.9 Å². The second-order valence-electron chi connectivity index (χ2n) is 5.92. The molecule has 1 fully saturated rings. The molecule has 1 heterocycles. The number of nitrogens with zero attached hydrogens (tertiary/aromatic N) is 1. The number of rotatable bonds is 2. The van der Waals surface area contributed by atoms with E-state index in [-0.39, 0.29) is 5.54 Å². The number of nitrogens with one attached hydrogen (secondary N) is 1. The third-order valence-corrected chi connectivity index (χ3v) is 5.49. The van der Waals surface area contributed by atoms with E-state index >= 15 is 0 Å².